The first-order chi connectivity index (χ1) is 6.93. The molecule has 0 aromatic rings. The van der Waals surface area contributed by atoms with Crippen molar-refractivity contribution in [3.63, 3.8) is 0 Å². The standard InChI is InChI=1S/C8H14N2O4S/c1-5(11)2-10-7(12)4-15-3-6(9)8(13)14/h6H,2-4,9H2,1H3,(H,10,12)(H,13,14)/t6-/m1/s1. The van der Waals surface area contributed by atoms with Crippen LogP contribution in [-0.4, -0.2) is 46.9 Å². The van der Waals surface area contributed by atoms with Crippen LogP contribution in [0.25, 0.3) is 0 Å². The Morgan fingerprint density at radius 1 is 1.47 bits per heavy atom. The number of nitrogens with one attached hydrogen (secondary N) is 1. The number of hydrogen-bond donors (Lipinski definition) is 3. The molecule has 86 valence electrons. The van der Waals surface area contributed by atoms with Crippen LogP contribution in [-0.2, 0) is 14.4 Å². The number of rotatable bonds is 7. The smallest absolute Gasteiger partial charge is 0.321 e. The molecule has 6 nitrogen and oxygen atoms in total. The molecule has 0 rings (SSSR count). The van der Waals surface area contributed by atoms with Crippen molar-refractivity contribution in [2.24, 2.45) is 5.73 Å². The highest BCUT2D eigenvalue weighted by atomic mass is 32.2. The Hall–Kier alpha value is -1.08. The van der Waals surface area contributed by atoms with Gasteiger partial charge in [0.25, 0.3) is 0 Å². The van der Waals surface area contributed by atoms with Crippen molar-refractivity contribution in [2.75, 3.05) is 18.1 Å². The monoisotopic (exact) mass is 234 g/mol. The lowest BCUT2D eigenvalue weighted by Crippen LogP contribution is -2.34. The third kappa shape index (κ3) is 7.95. The molecule has 0 aromatic carbocycles. The molecule has 0 saturated heterocycles. The highest BCUT2D eigenvalue weighted by Crippen LogP contribution is 2.01. The minimum absolute atomic E-state index is 0.00434. The lowest BCUT2D eigenvalue weighted by molar-refractivity contribution is -0.138. The van der Waals surface area contributed by atoms with Crippen molar-refractivity contribution >= 4 is 29.4 Å². The quantitative estimate of drug-likeness (QED) is 0.512. The fraction of sp³-hybridized carbons (Fsp3) is 0.625. The minimum Gasteiger partial charge on any atom is -0.480 e. The number of amides is 1. The van der Waals surface area contributed by atoms with E-state index in [2.05, 4.69) is 5.32 Å². The van der Waals surface area contributed by atoms with Crippen molar-refractivity contribution < 1.29 is 19.5 Å². The molecule has 0 fully saturated rings. The Kier molecular flexibility index (Phi) is 6.72. The predicted octanol–water partition coefficient (Wildman–Crippen LogP) is -1.16. The number of Topliss-reactive ketones (excluding diaryl/α,β-unsaturated/α-hetero) is 1. The van der Waals surface area contributed by atoms with Gasteiger partial charge in [0.15, 0.2) is 0 Å². The zero-order valence-electron chi connectivity index (χ0n) is 8.36. The van der Waals surface area contributed by atoms with E-state index in [1.165, 1.54) is 6.92 Å². The number of carboxylic acid groups (broad SMARTS) is 1. The summed E-state index contributed by atoms with van der Waals surface area (Å²) in [5.41, 5.74) is 5.22. The molecule has 15 heavy (non-hydrogen) atoms. The number of carboxylic acids is 1. The summed E-state index contributed by atoms with van der Waals surface area (Å²) in [6.07, 6.45) is 0. The molecule has 0 saturated carbocycles. The van der Waals surface area contributed by atoms with Crippen LogP contribution in [0, 0.1) is 0 Å². The van der Waals surface area contributed by atoms with Crippen molar-refractivity contribution in [3.8, 4) is 0 Å². The molecule has 0 aromatic heterocycles. The molecule has 1 amide bonds. The van der Waals surface area contributed by atoms with Gasteiger partial charge in [-0.1, -0.05) is 0 Å². The highest BCUT2D eigenvalue weighted by molar-refractivity contribution is 8.00. The minimum atomic E-state index is -1.09. The van der Waals surface area contributed by atoms with Gasteiger partial charge in [-0.2, -0.15) is 0 Å². The average molecular weight is 234 g/mol. The summed E-state index contributed by atoms with van der Waals surface area (Å²) in [6.45, 7) is 1.37. The van der Waals surface area contributed by atoms with E-state index in [4.69, 9.17) is 10.8 Å². The molecule has 0 aliphatic carbocycles. The molecule has 0 bridgehead atoms. The lowest BCUT2D eigenvalue weighted by atomic mass is 10.4. The first kappa shape index (κ1) is 13.9. The largest absolute Gasteiger partial charge is 0.480 e. The SMILES string of the molecule is CC(=O)CNC(=O)CSC[C@@H](N)C(=O)O. The maximum Gasteiger partial charge on any atom is 0.321 e. The molecule has 0 aliphatic heterocycles. The summed E-state index contributed by atoms with van der Waals surface area (Å²) < 4.78 is 0. The van der Waals surface area contributed by atoms with Gasteiger partial charge in [-0.3, -0.25) is 14.4 Å². The predicted molar refractivity (Wildman–Crippen MR) is 56.6 cm³/mol. The number of ketones is 1. The third-order valence-corrected chi connectivity index (χ3v) is 2.44. The van der Waals surface area contributed by atoms with Crippen LogP contribution in [0.5, 0.6) is 0 Å². The zero-order chi connectivity index (χ0) is 11.8. The van der Waals surface area contributed by atoms with Crippen LogP contribution in [0.4, 0.5) is 0 Å². The average Bonchev–Trinajstić information content (AvgIpc) is 2.14. The summed E-state index contributed by atoms with van der Waals surface area (Å²) >= 11 is 1.12. The fourth-order valence-electron chi connectivity index (χ4n) is 0.624. The Bertz CT molecular complexity index is 257. The van der Waals surface area contributed by atoms with E-state index < -0.39 is 12.0 Å². The number of nitrogens with two attached hydrogens (primary N) is 1. The van der Waals surface area contributed by atoms with Crippen LogP contribution < -0.4 is 11.1 Å². The van der Waals surface area contributed by atoms with Crippen LogP contribution in [0.1, 0.15) is 6.92 Å². The van der Waals surface area contributed by atoms with Crippen molar-refractivity contribution in [1.82, 2.24) is 5.32 Å². The number of hydrogen-bond acceptors (Lipinski definition) is 5. The van der Waals surface area contributed by atoms with E-state index in [1.54, 1.807) is 0 Å². The zero-order valence-corrected chi connectivity index (χ0v) is 9.17. The molecule has 0 spiro atoms. The van der Waals surface area contributed by atoms with Gasteiger partial charge < -0.3 is 16.2 Å². The maximum absolute atomic E-state index is 11.0. The summed E-state index contributed by atoms with van der Waals surface area (Å²) in [6, 6.07) is -0.962. The van der Waals surface area contributed by atoms with Crippen molar-refractivity contribution in [1.29, 1.82) is 0 Å². The second-order valence-corrected chi connectivity index (χ2v) is 3.97. The first-order valence-electron chi connectivity index (χ1n) is 4.25. The van der Waals surface area contributed by atoms with Crippen LogP contribution in [0.15, 0.2) is 0 Å². The fourth-order valence-corrected chi connectivity index (χ4v) is 1.43. The summed E-state index contributed by atoms with van der Waals surface area (Å²) in [7, 11) is 0. The van der Waals surface area contributed by atoms with Gasteiger partial charge >= 0.3 is 5.97 Å². The van der Waals surface area contributed by atoms with E-state index in [9.17, 15) is 14.4 Å². The second kappa shape index (κ2) is 7.24. The van der Waals surface area contributed by atoms with Gasteiger partial charge in [-0.05, 0) is 6.92 Å². The van der Waals surface area contributed by atoms with E-state index in [0.29, 0.717) is 0 Å². The number of carbonyl (C=O) groups is 3. The first-order valence-corrected chi connectivity index (χ1v) is 5.41. The Morgan fingerprint density at radius 3 is 2.53 bits per heavy atom. The Balaban J connectivity index is 3.55. The molecule has 0 heterocycles. The number of thioether (sulfide) groups is 1. The van der Waals surface area contributed by atoms with Gasteiger partial charge in [0.2, 0.25) is 5.91 Å². The van der Waals surface area contributed by atoms with E-state index in [-0.39, 0.29) is 29.7 Å². The maximum atomic E-state index is 11.0. The number of aliphatic carboxylic acids is 1. The topological polar surface area (TPSA) is 109 Å². The van der Waals surface area contributed by atoms with Gasteiger partial charge in [-0.15, -0.1) is 11.8 Å². The lowest BCUT2D eigenvalue weighted by Gasteiger charge is -2.05. The van der Waals surface area contributed by atoms with E-state index >= 15 is 0 Å². The molecule has 0 unspecified atom stereocenters. The molecular formula is C8H14N2O4S. The van der Waals surface area contributed by atoms with Crippen LogP contribution in [0.2, 0.25) is 0 Å². The van der Waals surface area contributed by atoms with Gasteiger partial charge in [0.05, 0.1) is 12.3 Å². The highest BCUT2D eigenvalue weighted by Gasteiger charge is 2.12. The van der Waals surface area contributed by atoms with E-state index in [1.807, 2.05) is 0 Å². The van der Waals surface area contributed by atoms with Crippen LogP contribution in [0.3, 0.4) is 0 Å². The molecule has 0 aliphatic rings. The van der Waals surface area contributed by atoms with E-state index in [0.717, 1.165) is 11.8 Å². The van der Waals surface area contributed by atoms with Crippen LogP contribution >= 0.6 is 11.8 Å². The van der Waals surface area contributed by atoms with Crippen molar-refractivity contribution in [2.45, 2.75) is 13.0 Å². The summed E-state index contributed by atoms with van der Waals surface area (Å²) in [5, 5.41) is 10.8. The molecule has 7 heteroatoms. The van der Waals surface area contributed by atoms with Gasteiger partial charge in [-0.25, -0.2) is 0 Å². The van der Waals surface area contributed by atoms with Crippen molar-refractivity contribution in [3.05, 3.63) is 0 Å². The molecular weight excluding hydrogens is 220 g/mol. The molecule has 0 radical (unpaired) electrons. The number of carbonyl (C=O) groups excluding carboxylic acids is 2. The summed E-state index contributed by atoms with van der Waals surface area (Å²) in [5.74, 6) is -1.24. The second-order valence-electron chi connectivity index (χ2n) is 2.94. The summed E-state index contributed by atoms with van der Waals surface area (Å²) in [4.78, 5) is 31.8. The Labute approximate surface area is 91.6 Å². The molecule has 4 N–H and O–H groups in total. The van der Waals surface area contributed by atoms with Gasteiger partial charge in [0.1, 0.15) is 11.8 Å². The van der Waals surface area contributed by atoms with Gasteiger partial charge in [0, 0.05) is 5.75 Å². The normalized spacial score (nSPS) is 11.9. The molecule has 1 atom stereocenters. The third-order valence-electron chi connectivity index (χ3n) is 1.38. The Morgan fingerprint density at radius 2 is 2.07 bits per heavy atom.